The van der Waals surface area contributed by atoms with Crippen LogP contribution in [-0.4, -0.2) is 55.9 Å². The smallest absolute Gasteiger partial charge is 0.252 e. The van der Waals surface area contributed by atoms with Gasteiger partial charge in [-0.3, -0.25) is 4.79 Å². The monoisotopic (exact) mass is 554 g/mol. The third-order valence-corrected chi connectivity index (χ3v) is 8.26. The van der Waals surface area contributed by atoms with Crippen molar-refractivity contribution in [3.05, 3.63) is 95.8 Å². The summed E-state index contributed by atoms with van der Waals surface area (Å²) in [6, 6.07) is 20.8. The van der Waals surface area contributed by atoms with E-state index in [-0.39, 0.29) is 36.1 Å². The molecule has 4 rings (SSSR count). The number of aliphatic hydroxyl groups is 1. The fourth-order valence-electron chi connectivity index (χ4n) is 4.27. The summed E-state index contributed by atoms with van der Waals surface area (Å²) in [6.07, 6.45) is -0.382. The van der Waals surface area contributed by atoms with Crippen molar-refractivity contribution in [2.75, 3.05) is 19.0 Å². The number of rotatable bonds is 12. The Labute approximate surface area is 227 Å². The SMILES string of the molecule is C[C@H]1OC(c2ccc(OCCCO)cc2)=N[C@@]1(CCS(=O)(=O)c1ccccc1)C(=O)NCc1cccc(F)c1. The number of carbonyl (C=O) groups is 1. The van der Waals surface area contributed by atoms with Crippen LogP contribution in [0.2, 0.25) is 0 Å². The number of nitrogens with one attached hydrogen (secondary N) is 1. The van der Waals surface area contributed by atoms with Crippen molar-refractivity contribution < 1.29 is 32.2 Å². The van der Waals surface area contributed by atoms with Gasteiger partial charge in [-0.25, -0.2) is 17.8 Å². The average Bonchev–Trinajstić information content (AvgIpc) is 3.29. The zero-order chi connectivity index (χ0) is 27.9. The van der Waals surface area contributed by atoms with Gasteiger partial charge in [0.15, 0.2) is 15.4 Å². The van der Waals surface area contributed by atoms with E-state index in [0.717, 1.165) is 0 Å². The molecule has 1 heterocycles. The minimum Gasteiger partial charge on any atom is -0.494 e. The first-order valence-corrected chi connectivity index (χ1v) is 14.3. The molecule has 1 amide bonds. The van der Waals surface area contributed by atoms with Gasteiger partial charge in [-0.2, -0.15) is 0 Å². The lowest BCUT2D eigenvalue weighted by Crippen LogP contribution is -2.51. The Morgan fingerprint density at radius 3 is 2.54 bits per heavy atom. The molecule has 1 aliphatic heterocycles. The van der Waals surface area contributed by atoms with Crippen molar-refractivity contribution >= 4 is 21.6 Å². The normalized spacial score (nSPS) is 18.7. The summed E-state index contributed by atoms with van der Waals surface area (Å²) in [5.74, 6) is -0.449. The first kappa shape index (κ1) is 28.3. The fraction of sp³-hybridized carbons (Fsp3) is 0.310. The van der Waals surface area contributed by atoms with E-state index in [4.69, 9.17) is 14.6 Å². The summed E-state index contributed by atoms with van der Waals surface area (Å²) < 4.78 is 51.4. The zero-order valence-electron chi connectivity index (χ0n) is 21.5. The number of halogens is 1. The van der Waals surface area contributed by atoms with Crippen molar-refractivity contribution in [2.45, 2.75) is 42.8 Å². The lowest BCUT2D eigenvalue weighted by Gasteiger charge is -2.28. The van der Waals surface area contributed by atoms with E-state index in [1.807, 2.05) is 0 Å². The van der Waals surface area contributed by atoms with Gasteiger partial charge in [-0.15, -0.1) is 0 Å². The lowest BCUT2D eigenvalue weighted by molar-refractivity contribution is -0.128. The summed E-state index contributed by atoms with van der Waals surface area (Å²) in [5.41, 5.74) is -0.370. The largest absolute Gasteiger partial charge is 0.494 e. The van der Waals surface area contributed by atoms with Crippen molar-refractivity contribution in [1.82, 2.24) is 5.32 Å². The standard InChI is InChI=1S/C29H31FN2O6S/c1-21-29(15-18-39(35,36)26-9-3-2-4-10-26,28(34)31-20-22-7-5-8-24(30)19-22)32-27(38-21)23-11-13-25(14-12-23)37-17-6-16-33/h2-5,7-14,19,21,33H,6,15-18,20H2,1H3,(H,31,34)/t21-,29-/m1/s1. The van der Waals surface area contributed by atoms with Crippen LogP contribution in [0.4, 0.5) is 4.39 Å². The van der Waals surface area contributed by atoms with Gasteiger partial charge in [0.1, 0.15) is 17.7 Å². The third-order valence-electron chi connectivity index (χ3n) is 6.52. The predicted molar refractivity (Wildman–Crippen MR) is 145 cm³/mol. The maximum Gasteiger partial charge on any atom is 0.252 e. The molecule has 206 valence electrons. The number of carbonyl (C=O) groups excluding carboxylic acids is 1. The van der Waals surface area contributed by atoms with Crippen LogP contribution in [-0.2, 0) is 25.9 Å². The molecule has 0 bridgehead atoms. The highest BCUT2D eigenvalue weighted by atomic mass is 32.2. The number of nitrogens with zero attached hydrogens (tertiary/aromatic N) is 1. The van der Waals surface area contributed by atoms with Gasteiger partial charge in [0, 0.05) is 25.1 Å². The summed E-state index contributed by atoms with van der Waals surface area (Å²) >= 11 is 0. The number of ether oxygens (including phenoxy) is 2. The molecule has 0 saturated heterocycles. The summed E-state index contributed by atoms with van der Waals surface area (Å²) in [6.45, 7) is 2.12. The molecule has 0 unspecified atom stereocenters. The van der Waals surface area contributed by atoms with Crippen LogP contribution in [0.15, 0.2) is 88.8 Å². The summed E-state index contributed by atoms with van der Waals surface area (Å²) in [4.78, 5) is 18.5. The minimum absolute atomic E-state index is 0.0317. The molecule has 1 aliphatic rings. The van der Waals surface area contributed by atoms with Crippen LogP contribution in [0, 0.1) is 5.82 Å². The molecule has 0 aliphatic carbocycles. The van der Waals surface area contributed by atoms with Gasteiger partial charge in [0.2, 0.25) is 5.90 Å². The Hall–Kier alpha value is -3.76. The van der Waals surface area contributed by atoms with Crippen molar-refractivity contribution in [3.8, 4) is 5.75 Å². The van der Waals surface area contributed by atoms with Crippen molar-refractivity contribution in [2.24, 2.45) is 4.99 Å². The van der Waals surface area contributed by atoms with E-state index in [2.05, 4.69) is 10.3 Å². The van der Waals surface area contributed by atoms with Crippen LogP contribution in [0.25, 0.3) is 0 Å². The summed E-state index contributed by atoms with van der Waals surface area (Å²) in [5, 5.41) is 11.7. The highest BCUT2D eigenvalue weighted by Gasteiger charge is 2.50. The Balaban J connectivity index is 1.60. The van der Waals surface area contributed by atoms with Crippen LogP contribution < -0.4 is 10.1 Å². The number of amides is 1. The molecule has 0 radical (unpaired) electrons. The van der Waals surface area contributed by atoms with Crippen LogP contribution in [0.3, 0.4) is 0 Å². The van der Waals surface area contributed by atoms with Gasteiger partial charge in [-0.1, -0.05) is 30.3 Å². The molecule has 0 saturated carbocycles. The maximum absolute atomic E-state index is 13.7. The lowest BCUT2D eigenvalue weighted by atomic mass is 9.90. The molecule has 3 aromatic rings. The van der Waals surface area contributed by atoms with Crippen LogP contribution in [0.1, 0.15) is 30.9 Å². The van der Waals surface area contributed by atoms with Gasteiger partial charge in [-0.05, 0) is 67.4 Å². The predicted octanol–water partition coefficient (Wildman–Crippen LogP) is 3.67. The molecule has 10 heteroatoms. The van der Waals surface area contributed by atoms with Crippen LogP contribution >= 0.6 is 0 Å². The molecular formula is C29H31FN2O6S. The number of hydrogen-bond acceptors (Lipinski definition) is 7. The minimum atomic E-state index is -3.70. The Morgan fingerprint density at radius 2 is 1.85 bits per heavy atom. The number of sulfone groups is 1. The van der Waals surface area contributed by atoms with E-state index >= 15 is 0 Å². The fourth-order valence-corrected chi connectivity index (χ4v) is 5.66. The molecule has 0 spiro atoms. The highest BCUT2D eigenvalue weighted by Crippen LogP contribution is 2.33. The van der Waals surface area contributed by atoms with E-state index in [1.54, 1.807) is 61.5 Å². The Kier molecular flexibility index (Phi) is 8.98. The van der Waals surface area contributed by atoms with E-state index in [0.29, 0.717) is 29.9 Å². The highest BCUT2D eigenvalue weighted by molar-refractivity contribution is 7.91. The number of aliphatic hydroxyl groups excluding tert-OH is 1. The molecule has 2 N–H and O–H groups in total. The number of benzene rings is 3. The Morgan fingerprint density at radius 1 is 1.10 bits per heavy atom. The average molecular weight is 555 g/mol. The molecule has 8 nitrogen and oxygen atoms in total. The maximum atomic E-state index is 13.7. The van der Waals surface area contributed by atoms with Crippen molar-refractivity contribution in [1.29, 1.82) is 0 Å². The molecule has 0 fully saturated rings. The second-order valence-corrected chi connectivity index (χ2v) is 11.4. The number of aliphatic imine (C=N–C) groups is 1. The molecule has 2 atom stereocenters. The molecule has 0 aromatic heterocycles. The van der Waals surface area contributed by atoms with E-state index < -0.39 is 33.2 Å². The van der Waals surface area contributed by atoms with Gasteiger partial charge >= 0.3 is 0 Å². The second-order valence-electron chi connectivity index (χ2n) is 9.25. The molecule has 39 heavy (non-hydrogen) atoms. The quantitative estimate of drug-likeness (QED) is 0.330. The summed E-state index contributed by atoms with van der Waals surface area (Å²) in [7, 11) is -3.70. The van der Waals surface area contributed by atoms with Crippen molar-refractivity contribution in [3.63, 3.8) is 0 Å². The second kappa shape index (κ2) is 12.4. The first-order valence-electron chi connectivity index (χ1n) is 12.6. The topological polar surface area (TPSA) is 114 Å². The van der Waals surface area contributed by atoms with Gasteiger partial charge in [0.25, 0.3) is 5.91 Å². The number of hydrogen-bond donors (Lipinski definition) is 2. The van der Waals surface area contributed by atoms with E-state index in [9.17, 15) is 17.6 Å². The Bertz CT molecular complexity index is 1410. The van der Waals surface area contributed by atoms with Crippen LogP contribution in [0.5, 0.6) is 5.75 Å². The van der Waals surface area contributed by atoms with Gasteiger partial charge in [0.05, 0.1) is 17.3 Å². The third kappa shape index (κ3) is 6.82. The zero-order valence-corrected chi connectivity index (χ0v) is 22.4. The van der Waals surface area contributed by atoms with Gasteiger partial charge < -0.3 is 19.9 Å². The van der Waals surface area contributed by atoms with E-state index in [1.165, 1.54) is 24.3 Å². The molecular weight excluding hydrogens is 523 g/mol. The first-order chi connectivity index (χ1) is 18.7. The molecule has 3 aromatic carbocycles.